The van der Waals surface area contributed by atoms with Crippen molar-refractivity contribution >= 4 is 28.7 Å². The van der Waals surface area contributed by atoms with Crippen molar-refractivity contribution in [1.82, 2.24) is 15.6 Å². The topological polar surface area (TPSA) is 110 Å². The number of aromatic amines is 1. The molecule has 8 heteroatoms. The van der Waals surface area contributed by atoms with Crippen LogP contribution in [0.15, 0.2) is 60.8 Å². The quantitative estimate of drug-likeness (QED) is 0.440. The number of fused-ring (bicyclic) bond motifs is 1. The van der Waals surface area contributed by atoms with E-state index in [9.17, 15) is 14.4 Å². The van der Waals surface area contributed by atoms with Gasteiger partial charge in [0, 0.05) is 23.6 Å². The molecule has 1 aromatic heterocycles. The average Bonchev–Trinajstić information content (AvgIpc) is 3.18. The fraction of sp³-hybridized carbons (Fsp3) is 0.227. The molecular weight excluding hydrogens is 386 g/mol. The maximum absolute atomic E-state index is 11.8. The first-order chi connectivity index (χ1) is 14.6. The predicted octanol–water partition coefficient (Wildman–Crippen LogP) is 1.57. The lowest BCUT2D eigenvalue weighted by molar-refractivity contribution is -0.148. The fourth-order valence-corrected chi connectivity index (χ4v) is 2.81. The molecule has 0 unspecified atom stereocenters. The Morgan fingerprint density at radius 2 is 1.60 bits per heavy atom. The number of amides is 2. The predicted molar refractivity (Wildman–Crippen MR) is 111 cm³/mol. The molecule has 3 rings (SSSR count). The standard InChI is InChI=1S/C22H23N3O5/c26-20(23-11-10-16-12-24-19-9-5-4-8-18(16)19)15-30-22(28)13-25-21(27)14-29-17-6-2-1-3-7-17/h1-9,12,24H,10-11,13-15H2,(H,23,26)(H,25,27). The third-order valence-corrected chi connectivity index (χ3v) is 4.30. The summed E-state index contributed by atoms with van der Waals surface area (Å²) >= 11 is 0. The van der Waals surface area contributed by atoms with Crippen molar-refractivity contribution in [2.45, 2.75) is 6.42 Å². The summed E-state index contributed by atoms with van der Waals surface area (Å²) in [6, 6.07) is 16.8. The first kappa shape index (κ1) is 20.9. The van der Waals surface area contributed by atoms with Gasteiger partial charge in [0.1, 0.15) is 12.3 Å². The van der Waals surface area contributed by atoms with Crippen LogP contribution in [-0.2, 0) is 25.5 Å². The van der Waals surface area contributed by atoms with Gasteiger partial charge in [0.05, 0.1) is 0 Å². The number of nitrogens with one attached hydrogen (secondary N) is 3. The molecule has 2 amide bonds. The Labute approximate surface area is 173 Å². The van der Waals surface area contributed by atoms with Gasteiger partial charge in [-0.05, 0) is 30.2 Å². The van der Waals surface area contributed by atoms with Gasteiger partial charge in [-0.3, -0.25) is 14.4 Å². The Morgan fingerprint density at radius 1 is 0.867 bits per heavy atom. The lowest BCUT2D eigenvalue weighted by atomic mass is 10.1. The lowest BCUT2D eigenvalue weighted by Gasteiger charge is -2.08. The molecule has 0 spiro atoms. The summed E-state index contributed by atoms with van der Waals surface area (Å²) in [5.41, 5.74) is 2.15. The third kappa shape index (κ3) is 6.37. The van der Waals surface area contributed by atoms with Crippen molar-refractivity contribution in [3.63, 3.8) is 0 Å². The zero-order valence-corrected chi connectivity index (χ0v) is 16.4. The van der Waals surface area contributed by atoms with E-state index in [1.807, 2.05) is 36.5 Å². The van der Waals surface area contributed by atoms with E-state index in [4.69, 9.17) is 9.47 Å². The molecule has 2 aromatic carbocycles. The minimum atomic E-state index is -0.699. The van der Waals surface area contributed by atoms with Crippen LogP contribution in [0.1, 0.15) is 5.56 Å². The van der Waals surface area contributed by atoms with Crippen molar-refractivity contribution in [3.05, 3.63) is 66.4 Å². The summed E-state index contributed by atoms with van der Waals surface area (Å²) in [5.74, 6) is -1.00. The van der Waals surface area contributed by atoms with Crippen LogP contribution in [0, 0.1) is 0 Å². The monoisotopic (exact) mass is 409 g/mol. The Kier molecular flexibility index (Phi) is 7.43. The second-order valence-corrected chi connectivity index (χ2v) is 6.50. The Balaban J connectivity index is 1.28. The van der Waals surface area contributed by atoms with E-state index >= 15 is 0 Å². The Bertz CT molecular complexity index is 1000. The molecule has 1 heterocycles. The van der Waals surface area contributed by atoms with E-state index < -0.39 is 24.4 Å². The maximum Gasteiger partial charge on any atom is 0.325 e. The number of carbonyl (C=O) groups excluding carboxylic acids is 3. The van der Waals surface area contributed by atoms with Gasteiger partial charge in [0.25, 0.3) is 11.8 Å². The van der Waals surface area contributed by atoms with Crippen LogP contribution in [0.3, 0.4) is 0 Å². The number of hydrogen-bond donors (Lipinski definition) is 3. The van der Waals surface area contributed by atoms with Crippen LogP contribution in [0.5, 0.6) is 5.75 Å². The molecule has 0 aliphatic rings. The minimum Gasteiger partial charge on any atom is -0.484 e. The van der Waals surface area contributed by atoms with Crippen LogP contribution in [0.4, 0.5) is 0 Å². The zero-order chi connectivity index (χ0) is 21.2. The maximum atomic E-state index is 11.8. The molecule has 0 fully saturated rings. The largest absolute Gasteiger partial charge is 0.484 e. The van der Waals surface area contributed by atoms with E-state index in [1.165, 1.54) is 0 Å². The summed E-state index contributed by atoms with van der Waals surface area (Å²) in [4.78, 5) is 38.4. The van der Waals surface area contributed by atoms with Gasteiger partial charge in [-0.1, -0.05) is 36.4 Å². The number of carbonyl (C=O) groups is 3. The normalized spacial score (nSPS) is 10.4. The lowest BCUT2D eigenvalue weighted by Crippen LogP contribution is -2.36. The first-order valence-corrected chi connectivity index (χ1v) is 9.53. The van der Waals surface area contributed by atoms with E-state index in [-0.39, 0.29) is 13.2 Å². The molecular formula is C22H23N3O5. The number of hydrogen-bond acceptors (Lipinski definition) is 5. The van der Waals surface area contributed by atoms with Crippen LogP contribution in [0.2, 0.25) is 0 Å². The number of para-hydroxylation sites is 2. The minimum absolute atomic E-state index is 0.217. The van der Waals surface area contributed by atoms with E-state index in [1.54, 1.807) is 24.3 Å². The van der Waals surface area contributed by atoms with E-state index in [0.29, 0.717) is 18.7 Å². The summed E-state index contributed by atoms with van der Waals surface area (Å²) in [7, 11) is 0. The highest BCUT2D eigenvalue weighted by molar-refractivity contribution is 5.85. The zero-order valence-electron chi connectivity index (χ0n) is 16.4. The number of H-pyrrole nitrogens is 1. The molecule has 0 saturated carbocycles. The Hall–Kier alpha value is -3.81. The van der Waals surface area contributed by atoms with Gasteiger partial charge >= 0.3 is 5.97 Å². The summed E-state index contributed by atoms with van der Waals surface area (Å²) in [6.07, 6.45) is 2.57. The molecule has 3 N–H and O–H groups in total. The van der Waals surface area contributed by atoms with Gasteiger partial charge < -0.3 is 25.1 Å². The summed E-state index contributed by atoms with van der Waals surface area (Å²) in [5, 5.41) is 6.20. The van der Waals surface area contributed by atoms with Crippen molar-refractivity contribution in [2.24, 2.45) is 0 Å². The van der Waals surface area contributed by atoms with Gasteiger partial charge in [-0.25, -0.2) is 0 Å². The van der Waals surface area contributed by atoms with Crippen molar-refractivity contribution in [3.8, 4) is 5.75 Å². The number of esters is 1. The highest BCUT2D eigenvalue weighted by Crippen LogP contribution is 2.17. The molecule has 30 heavy (non-hydrogen) atoms. The fourth-order valence-electron chi connectivity index (χ4n) is 2.81. The van der Waals surface area contributed by atoms with Crippen LogP contribution < -0.4 is 15.4 Å². The second kappa shape index (κ2) is 10.7. The SMILES string of the molecule is O=C(COC(=O)CNC(=O)COc1ccccc1)NCCc1c[nH]c2ccccc12. The van der Waals surface area contributed by atoms with E-state index in [2.05, 4.69) is 15.6 Å². The molecule has 0 bridgehead atoms. The summed E-state index contributed by atoms with van der Waals surface area (Å²) in [6.45, 7) is -0.528. The van der Waals surface area contributed by atoms with Crippen LogP contribution >= 0.6 is 0 Å². The average molecular weight is 409 g/mol. The number of aromatic nitrogens is 1. The Morgan fingerprint density at radius 3 is 2.43 bits per heavy atom. The number of ether oxygens (including phenoxy) is 2. The molecule has 0 radical (unpaired) electrons. The molecule has 0 atom stereocenters. The molecule has 8 nitrogen and oxygen atoms in total. The molecule has 0 saturated heterocycles. The number of benzene rings is 2. The molecule has 0 aliphatic carbocycles. The van der Waals surface area contributed by atoms with Crippen LogP contribution in [0.25, 0.3) is 10.9 Å². The highest BCUT2D eigenvalue weighted by atomic mass is 16.5. The molecule has 3 aromatic rings. The number of rotatable bonds is 10. The van der Waals surface area contributed by atoms with Gasteiger partial charge in [0.2, 0.25) is 0 Å². The van der Waals surface area contributed by atoms with Gasteiger partial charge in [-0.15, -0.1) is 0 Å². The van der Waals surface area contributed by atoms with Crippen LogP contribution in [-0.4, -0.2) is 49.1 Å². The molecule has 0 aliphatic heterocycles. The third-order valence-electron chi connectivity index (χ3n) is 4.30. The van der Waals surface area contributed by atoms with Crippen molar-refractivity contribution in [2.75, 3.05) is 26.3 Å². The first-order valence-electron chi connectivity index (χ1n) is 9.53. The van der Waals surface area contributed by atoms with Crippen molar-refractivity contribution in [1.29, 1.82) is 0 Å². The van der Waals surface area contributed by atoms with Crippen molar-refractivity contribution < 1.29 is 23.9 Å². The van der Waals surface area contributed by atoms with Gasteiger partial charge in [0.15, 0.2) is 13.2 Å². The van der Waals surface area contributed by atoms with Gasteiger partial charge in [-0.2, -0.15) is 0 Å². The molecule has 156 valence electrons. The van der Waals surface area contributed by atoms with E-state index in [0.717, 1.165) is 16.5 Å². The smallest absolute Gasteiger partial charge is 0.325 e. The summed E-state index contributed by atoms with van der Waals surface area (Å²) < 4.78 is 10.1. The second-order valence-electron chi connectivity index (χ2n) is 6.50. The highest BCUT2D eigenvalue weighted by Gasteiger charge is 2.10.